The van der Waals surface area contributed by atoms with E-state index in [2.05, 4.69) is 0 Å². The van der Waals surface area contributed by atoms with Crippen molar-refractivity contribution in [2.24, 2.45) is 5.73 Å². The first-order valence-corrected chi connectivity index (χ1v) is 9.33. The van der Waals surface area contributed by atoms with Gasteiger partial charge in [0.15, 0.2) is 0 Å². The molecule has 10 heteroatoms. The average Bonchev–Trinajstić information content (AvgIpc) is 2.66. The van der Waals surface area contributed by atoms with Gasteiger partial charge in [0.2, 0.25) is 0 Å². The third-order valence-corrected chi connectivity index (χ3v) is 4.74. The maximum absolute atomic E-state index is 13.0. The molecule has 1 atom stereocenters. The largest absolute Gasteiger partial charge is 0.416 e. The molecule has 0 radical (unpaired) electrons. The van der Waals surface area contributed by atoms with Crippen LogP contribution < -0.4 is 10.6 Å². The number of hydrogen-bond donors (Lipinski definition) is 2. The number of alkyl halides is 6. The molecule has 2 aromatic rings. The molecule has 0 aliphatic heterocycles. The van der Waals surface area contributed by atoms with Gasteiger partial charge >= 0.3 is 12.4 Å². The summed E-state index contributed by atoms with van der Waals surface area (Å²) in [6.45, 7) is -0.810. The lowest BCUT2D eigenvalue weighted by molar-refractivity contribution is -0.143. The Labute approximate surface area is 176 Å². The van der Waals surface area contributed by atoms with Gasteiger partial charge in [0.25, 0.3) is 0 Å². The Morgan fingerprint density at radius 2 is 1.39 bits per heavy atom. The number of benzene rings is 2. The predicted molar refractivity (Wildman–Crippen MR) is 104 cm³/mol. The van der Waals surface area contributed by atoms with E-state index >= 15 is 0 Å². The Hall–Kier alpha value is -2.30. The number of rotatable bonds is 8. The van der Waals surface area contributed by atoms with Crippen molar-refractivity contribution >= 4 is 5.69 Å². The minimum Gasteiger partial charge on any atom is -0.383 e. The summed E-state index contributed by atoms with van der Waals surface area (Å²) in [7, 11) is 3.68. The predicted octanol–water partition coefficient (Wildman–Crippen LogP) is 4.54. The van der Waals surface area contributed by atoms with Gasteiger partial charge < -0.3 is 20.5 Å². The fraction of sp³-hybridized carbons (Fsp3) is 0.429. The van der Waals surface area contributed by atoms with Gasteiger partial charge in [-0.1, -0.05) is 12.1 Å². The van der Waals surface area contributed by atoms with E-state index in [-0.39, 0.29) is 31.2 Å². The highest BCUT2D eigenvalue weighted by Gasteiger charge is 2.37. The second-order valence-corrected chi connectivity index (χ2v) is 7.42. The first-order chi connectivity index (χ1) is 14.3. The van der Waals surface area contributed by atoms with Crippen molar-refractivity contribution in [3.8, 4) is 0 Å². The van der Waals surface area contributed by atoms with E-state index in [1.54, 1.807) is 24.3 Å². The lowest BCUT2D eigenvalue weighted by Crippen LogP contribution is -2.34. The molecule has 0 fully saturated rings. The summed E-state index contributed by atoms with van der Waals surface area (Å²) in [5.41, 5.74) is 2.24. The Bertz CT molecular complexity index is 833. The zero-order chi connectivity index (χ0) is 23.4. The quantitative estimate of drug-likeness (QED) is 0.580. The van der Waals surface area contributed by atoms with E-state index in [0.717, 1.165) is 5.69 Å². The highest BCUT2D eigenvalue weighted by molar-refractivity contribution is 5.47. The number of anilines is 1. The van der Waals surface area contributed by atoms with Crippen molar-refractivity contribution in [3.63, 3.8) is 0 Å². The smallest absolute Gasteiger partial charge is 0.383 e. The molecule has 0 spiro atoms. The van der Waals surface area contributed by atoms with Gasteiger partial charge in [-0.25, -0.2) is 0 Å². The summed E-state index contributed by atoms with van der Waals surface area (Å²) in [6.07, 6.45) is -9.79. The molecule has 2 rings (SSSR count). The van der Waals surface area contributed by atoms with Crippen molar-refractivity contribution in [2.45, 2.75) is 31.0 Å². The molecule has 0 heterocycles. The minimum absolute atomic E-state index is 0.0561. The van der Waals surface area contributed by atoms with E-state index in [0.29, 0.717) is 17.7 Å². The molecular formula is C21H24F6N2O2. The maximum atomic E-state index is 13.0. The van der Waals surface area contributed by atoms with E-state index in [9.17, 15) is 31.4 Å². The SMILES string of the molecule is CN(C)c1ccc(C(O)(CCN)COCc2cc(C(F)(F)F)cc(C(F)(F)F)c2)cc1. The van der Waals surface area contributed by atoms with Crippen molar-refractivity contribution in [3.05, 3.63) is 64.7 Å². The summed E-state index contributed by atoms with van der Waals surface area (Å²) >= 11 is 0. The lowest BCUT2D eigenvalue weighted by Gasteiger charge is -2.29. The topological polar surface area (TPSA) is 58.7 Å². The highest BCUT2D eigenvalue weighted by Crippen LogP contribution is 2.36. The molecule has 31 heavy (non-hydrogen) atoms. The maximum Gasteiger partial charge on any atom is 0.416 e. The second-order valence-electron chi connectivity index (χ2n) is 7.42. The summed E-state index contributed by atoms with van der Waals surface area (Å²) in [6, 6.07) is 8.12. The van der Waals surface area contributed by atoms with Gasteiger partial charge in [-0.15, -0.1) is 0 Å². The van der Waals surface area contributed by atoms with Crippen LogP contribution >= 0.6 is 0 Å². The lowest BCUT2D eigenvalue weighted by atomic mass is 9.91. The van der Waals surface area contributed by atoms with Crippen molar-refractivity contribution < 1.29 is 36.2 Å². The molecule has 2 aromatic carbocycles. The van der Waals surface area contributed by atoms with Crippen LogP contribution in [0.4, 0.5) is 32.0 Å². The molecule has 0 saturated carbocycles. The number of hydrogen-bond acceptors (Lipinski definition) is 4. The third kappa shape index (κ3) is 6.59. The van der Waals surface area contributed by atoms with Gasteiger partial charge in [-0.05, 0) is 54.4 Å². The van der Waals surface area contributed by atoms with Crippen LogP contribution in [0.3, 0.4) is 0 Å². The summed E-state index contributed by atoms with van der Waals surface area (Å²) in [5.74, 6) is 0. The van der Waals surface area contributed by atoms with Crippen LogP contribution in [0.5, 0.6) is 0 Å². The molecule has 172 valence electrons. The van der Waals surface area contributed by atoms with Crippen LogP contribution in [0.25, 0.3) is 0 Å². The zero-order valence-corrected chi connectivity index (χ0v) is 17.0. The monoisotopic (exact) mass is 450 g/mol. The number of halogens is 6. The summed E-state index contributed by atoms with van der Waals surface area (Å²) < 4.78 is 83.3. The van der Waals surface area contributed by atoms with Crippen LogP contribution in [-0.2, 0) is 29.3 Å². The third-order valence-electron chi connectivity index (χ3n) is 4.74. The number of nitrogens with zero attached hydrogens (tertiary/aromatic N) is 1. The zero-order valence-electron chi connectivity index (χ0n) is 17.0. The highest BCUT2D eigenvalue weighted by atomic mass is 19.4. The second kappa shape index (κ2) is 9.46. The van der Waals surface area contributed by atoms with Crippen LogP contribution in [0, 0.1) is 0 Å². The van der Waals surface area contributed by atoms with E-state index < -0.39 is 35.7 Å². The standard InChI is InChI=1S/C21H24F6N2O2/c1-29(2)18-5-3-15(4-6-18)19(30,7-8-28)13-31-12-14-9-16(20(22,23)24)11-17(10-14)21(25,26)27/h3-6,9-11,30H,7-8,12-13,28H2,1-2H3. The Kier molecular flexibility index (Phi) is 7.61. The molecular weight excluding hydrogens is 426 g/mol. The molecule has 0 aliphatic carbocycles. The van der Waals surface area contributed by atoms with Crippen LogP contribution in [0.1, 0.15) is 28.7 Å². The van der Waals surface area contributed by atoms with Crippen LogP contribution in [-0.4, -0.2) is 32.4 Å². The normalized spacial score (nSPS) is 14.4. The van der Waals surface area contributed by atoms with Crippen LogP contribution in [0.2, 0.25) is 0 Å². The number of ether oxygens (including phenoxy) is 1. The molecule has 0 saturated heterocycles. The molecule has 1 unspecified atom stereocenters. The van der Waals surface area contributed by atoms with Crippen molar-refractivity contribution in [1.29, 1.82) is 0 Å². The van der Waals surface area contributed by atoms with E-state index in [1.165, 1.54) is 0 Å². The fourth-order valence-corrected chi connectivity index (χ4v) is 3.05. The van der Waals surface area contributed by atoms with Gasteiger partial charge in [0.1, 0.15) is 5.60 Å². The van der Waals surface area contributed by atoms with Gasteiger partial charge in [-0.2, -0.15) is 26.3 Å². The average molecular weight is 450 g/mol. The first kappa shape index (κ1) is 25.0. The number of aliphatic hydroxyl groups is 1. The summed E-state index contributed by atoms with van der Waals surface area (Å²) in [5, 5.41) is 11.0. The molecule has 4 nitrogen and oxygen atoms in total. The van der Waals surface area contributed by atoms with Crippen molar-refractivity contribution in [2.75, 3.05) is 32.1 Å². The summed E-state index contributed by atoms with van der Waals surface area (Å²) in [4.78, 5) is 1.86. The van der Waals surface area contributed by atoms with Gasteiger partial charge in [0.05, 0.1) is 24.3 Å². The van der Waals surface area contributed by atoms with Gasteiger partial charge in [-0.3, -0.25) is 0 Å². The fourth-order valence-electron chi connectivity index (χ4n) is 3.05. The molecule has 0 aliphatic rings. The van der Waals surface area contributed by atoms with E-state index in [1.807, 2.05) is 19.0 Å². The molecule has 0 bridgehead atoms. The first-order valence-electron chi connectivity index (χ1n) is 9.33. The Morgan fingerprint density at radius 3 is 1.81 bits per heavy atom. The van der Waals surface area contributed by atoms with Gasteiger partial charge in [0, 0.05) is 19.8 Å². The molecule has 0 aromatic heterocycles. The van der Waals surface area contributed by atoms with E-state index in [4.69, 9.17) is 10.5 Å². The Morgan fingerprint density at radius 1 is 0.871 bits per heavy atom. The van der Waals surface area contributed by atoms with Crippen LogP contribution in [0.15, 0.2) is 42.5 Å². The Balaban J connectivity index is 2.22. The minimum atomic E-state index is -4.94. The molecule has 0 amide bonds. The molecule has 3 N–H and O–H groups in total. The van der Waals surface area contributed by atoms with Crippen molar-refractivity contribution in [1.82, 2.24) is 0 Å². The number of nitrogens with two attached hydrogens (primary N) is 1.